The molecule has 0 radical (unpaired) electrons. The number of nitrogens with zero attached hydrogens (tertiary/aromatic N) is 2. The molecule has 3 rings (SSSR count). The van der Waals surface area contributed by atoms with E-state index in [-0.39, 0.29) is 5.56 Å². The minimum atomic E-state index is -0.0435. The van der Waals surface area contributed by atoms with Crippen molar-refractivity contribution in [2.45, 2.75) is 13.0 Å². The third kappa shape index (κ3) is 1.77. The van der Waals surface area contributed by atoms with Gasteiger partial charge in [0, 0.05) is 25.7 Å². The number of aromatic amines is 1. The van der Waals surface area contributed by atoms with Gasteiger partial charge in [-0.25, -0.2) is 4.98 Å². The first-order valence-electron chi connectivity index (χ1n) is 5.89. The highest BCUT2D eigenvalue weighted by atomic mass is 127. The number of halogens is 1. The van der Waals surface area contributed by atoms with E-state index < -0.39 is 0 Å². The summed E-state index contributed by atoms with van der Waals surface area (Å²) in [5, 5.41) is 3.44. The molecule has 2 N–H and O–H groups in total. The summed E-state index contributed by atoms with van der Waals surface area (Å²) in [5.74, 6) is 2.23. The van der Waals surface area contributed by atoms with Gasteiger partial charge in [0.25, 0.3) is 5.56 Å². The Hall–Kier alpha value is -0.630. The van der Waals surface area contributed by atoms with Crippen LogP contribution in [0.15, 0.2) is 11.1 Å². The molecule has 6 heteroatoms. The molecule has 0 saturated carbocycles. The van der Waals surface area contributed by atoms with Crippen molar-refractivity contribution in [3.8, 4) is 0 Å². The van der Waals surface area contributed by atoms with Crippen LogP contribution in [0, 0.1) is 15.4 Å². The number of hydrogen-bond acceptors (Lipinski definition) is 4. The van der Waals surface area contributed by atoms with Crippen LogP contribution in [0.3, 0.4) is 0 Å². The predicted octanol–water partition coefficient (Wildman–Crippen LogP) is 0.419. The molecule has 0 aliphatic carbocycles. The van der Waals surface area contributed by atoms with Crippen molar-refractivity contribution in [3.05, 3.63) is 20.3 Å². The Morgan fingerprint density at radius 1 is 1.53 bits per heavy atom. The molecular weight excluding hydrogens is 331 g/mol. The molecular formula is C11H15IN4O. The predicted molar refractivity (Wildman–Crippen MR) is 74.2 cm³/mol. The first-order chi connectivity index (χ1) is 8.18. The van der Waals surface area contributed by atoms with Gasteiger partial charge < -0.3 is 15.2 Å². The molecule has 2 fully saturated rings. The van der Waals surface area contributed by atoms with Gasteiger partial charge in [0.05, 0.1) is 6.33 Å². The molecule has 2 aliphatic rings. The van der Waals surface area contributed by atoms with Crippen LogP contribution in [-0.2, 0) is 0 Å². The summed E-state index contributed by atoms with van der Waals surface area (Å²) in [6, 6.07) is 0.456. The highest BCUT2D eigenvalue weighted by molar-refractivity contribution is 14.1. The topological polar surface area (TPSA) is 61.0 Å². The van der Waals surface area contributed by atoms with E-state index in [0.717, 1.165) is 25.5 Å². The third-order valence-corrected chi connectivity index (χ3v) is 4.96. The minimum Gasteiger partial charge on any atom is -0.352 e. The Balaban J connectivity index is 1.95. The maximum atomic E-state index is 11.6. The molecule has 3 heterocycles. The first kappa shape index (κ1) is 11.5. The van der Waals surface area contributed by atoms with Crippen molar-refractivity contribution >= 4 is 28.4 Å². The van der Waals surface area contributed by atoms with Crippen LogP contribution in [0.25, 0.3) is 0 Å². The number of hydrogen-bond donors (Lipinski definition) is 2. The smallest absolute Gasteiger partial charge is 0.266 e. The van der Waals surface area contributed by atoms with E-state index >= 15 is 0 Å². The molecule has 92 valence electrons. The summed E-state index contributed by atoms with van der Waals surface area (Å²) < 4.78 is 0.699. The summed E-state index contributed by atoms with van der Waals surface area (Å²) in [6.45, 7) is 5.41. The molecule has 0 aromatic carbocycles. The monoisotopic (exact) mass is 346 g/mol. The minimum absolute atomic E-state index is 0.0435. The normalized spacial score (nSPS) is 31.9. The van der Waals surface area contributed by atoms with E-state index in [0.29, 0.717) is 21.4 Å². The quantitative estimate of drug-likeness (QED) is 0.724. The van der Waals surface area contributed by atoms with Crippen molar-refractivity contribution in [2.75, 3.05) is 24.5 Å². The molecule has 3 unspecified atom stereocenters. The molecule has 0 spiro atoms. The molecule has 2 saturated heterocycles. The van der Waals surface area contributed by atoms with E-state index in [9.17, 15) is 4.79 Å². The van der Waals surface area contributed by atoms with Crippen LogP contribution >= 0.6 is 22.6 Å². The average Bonchev–Trinajstić information content (AvgIpc) is 2.87. The van der Waals surface area contributed by atoms with Crippen LogP contribution in [0.2, 0.25) is 0 Å². The molecule has 0 amide bonds. The van der Waals surface area contributed by atoms with Crippen molar-refractivity contribution in [3.63, 3.8) is 0 Å². The van der Waals surface area contributed by atoms with Crippen molar-refractivity contribution < 1.29 is 0 Å². The first-order valence-corrected chi connectivity index (χ1v) is 6.97. The molecule has 3 atom stereocenters. The van der Waals surface area contributed by atoms with Crippen LogP contribution in [0.5, 0.6) is 0 Å². The maximum Gasteiger partial charge on any atom is 0.266 e. The van der Waals surface area contributed by atoms with Gasteiger partial charge in [-0.05, 0) is 41.4 Å². The summed E-state index contributed by atoms with van der Waals surface area (Å²) in [7, 11) is 0. The fourth-order valence-corrected chi connectivity index (χ4v) is 3.63. The molecule has 1 aromatic rings. The second kappa shape index (κ2) is 4.24. The zero-order valence-electron chi connectivity index (χ0n) is 9.61. The van der Waals surface area contributed by atoms with Crippen molar-refractivity contribution in [2.24, 2.45) is 11.8 Å². The van der Waals surface area contributed by atoms with Gasteiger partial charge in [0.2, 0.25) is 0 Å². The summed E-state index contributed by atoms with van der Waals surface area (Å²) in [5.41, 5.74) is -0.0435. The third-order valence-electron chi connectivity index (χ3n) is 3.98. The standard InChI is InChI=1S/C11H15IN4O/c1-6-8-3-13-2-7(8)4-16(6)10-9(12)11(17)15-5-14-10/h5-8,13H,2-4H2,1H3,(H,14,15,17). The lowest BCUT2D eigenvalue weighted by molar-refractivity contribution is 0.471. The molecule has 0 bridgehead atoms. The van der Waals surface area contributed by atoms with Gasteiger partial charge in [0.1, 0.15) is 9.39 Å². The van der Waals surface area contributed by atoms with Crippen LogP contribution in [0.4, 0.5) is 5.82 Å². The summed E-state index contributed by atoms with van der Waals surface area (Å²) >= 11 is 2.09. The molecule has 1 aromatic heterocycles. The maximum absolute atomic E-state index is 11.6. The zero-order valence-corrected chi connectivity index (χ0v) is 11.8. The lowest BCUT2D eigenvalue weighted by Crippen LogP contribution is -2.35. The van der Waals surface area contributed by atoms with Gasteiger partial charge in [0.15, 0.2) is 0 Å². The van der Waals surface area contributed by atoms with E-state index in [1.54, 1.807) is 0 Å². The number of nitrogens with one attached hydrogen (secondary N) is 2. The van der Waals surface area contributed by atoms with Gasteiger partial charge in [-0.3, -0.25) is 4.79 Å². The average molecular weight is 346 g/mol. The molecule has 17 heavy (non-hydrogen) atoms. The molecule has 2 aliphatic heterocycles. The van der Waals surface area contributed by atoms with Crippen LogP contribution in [-0.4, -0.2) is 35.6 Å². The SMILES string of the molecule is CC1C2CNCC2CN1c1nc[nH]c(=O)c1I. The number of fused-ring (bicyclic) bond motifs is 1. The lowest BCUT2D eigenvalue weighted by Gasteiger charge is -2.25. The Morgan fingerprint density at radius 2 is 2.35 bits per heavy atom. The highest BCUT2D eigenvalue weighted by Crippen LogP contribution is 2.35. The fourth-order valence-electron chi connectivity index (χ4n) is 3.02. The Bertz CT molecular complexity index is 489. The Labute approximate surface area is 113 Å². The van der Waals surface area contributed by atoms with E-state index in [4.69, 9.17) is 0 Å². The summed E-state index contributed by atoms with van der Waals surface area (Å²) in [4.78, 5) is 20.8. The van der Waals surface area contributed by atoms with Crippen molar-refractivity contribution in [1.29, 1.82) is 0 Å². The second-order valence-electron chi connectivity index (χ2n) is 4.84. The number of rotatable bonds is 1. The highest BCUT2D eigenvalue weighted by Gasteiger charge is 2.42. The van der Waals surface area contributed by atoms with E-state index in [1.807, 2.05) is 0 Å². The van der Waals surface area contributed by atoms with Gasteiger partial charge in [-0.2, -0.15) is 0 Å². The fraction of sp³-hybridized carbons (Fsp3) is 0.636. The van der Waals surface area contributed by atoms with E-state index in [1.165, 1.54) is 6.33 Å². The van der Waals surface area contributed by atoms with Gasteiger partial charge >= 0.3 is 0 Å². The number of anilines is 1. The molecule has 5 nitrogen and oxygen atoms in total. The zero-order chi connectivity index (χ0) is 12.0. The Morgan fingerprint density at radius 3 is 3.12 bits per heavy atom. The lowest BCUT2D eigenvalue weighted by atomic mass is 9.95. The Kier molecular flexibility index (Phi) is 2.86. The summed E-state index contributed by atoms with van der Waals surface area (Å²) in [6.07, 6.45) is 1.50. The van der Waals surface area contributed by atoms with Crippen LogP contribution < -0.4 is 15.8 Å². The van der Waals surface area contributed by atoms with Crippen molar-refractivity contribution in [1.82, 2.24) is 15.3 Å². The van der Waals surface area contributed by atoms with Gasteiger partial charge in [-0.1, -0.05) is 0 Å². The largest absolute Gasteiger partial charge is 0.352 e. The van der Waals surface area contributed by atoms with Crippen LogP contribution in [0.1, 0.15) is 6.92 Å². The van der Waals surface area contributed by atoms with Gasteiger partial charge in [-0.15, -0.1) is 0 Å². The van der Waals surface area contributed by atoms with E-state index in [2.05, 4.69) is 49.7 Å². The second-order valence-corrected chi connectivity index (χ2v) is 5.92. The number of H-pyrrole nitrogens is 1. The number of aromatic nitrogens is 2.